The van der Waals surface area contributed by atoms with Gasteiger partial charge < -0.3 is 9.72 Å². The van der Waals surface area contributed by atoms with Crippen molar-refractivity contribution in [2.24, 2.45) is 0 Å². The molecule has 0 unspecified atom stereocenters. The van der Waals surface area contributed by atoms with Crippen LogP contribution in [0, 0.1) is 0 Å². The lowest BCUT2D eigenvalue weighted by Crippen LogP contribution is -2.53. The topological polar surface area (TPSA) is 64.1 Å². The second-order valence-corrected chi connectivity index (χ2v) is 7.49. The largest absolute Gasteiger partial charge is 0.497 e. The van der Waals surface area contributed by atoms with E-state index in [2.05, 4.69) is 18.5 Å². The van der Waals surface area contributed by atoms with Crippen molar-refractivity contribution in [3.05, 3.63) is 73.9 Å². The van der Waals surface area contributed by atoms with Crippen LogP contribution in [0.1, 0.15) is 63.9 Å². The van der Waals surface area contributed by atoms with Crippen molar-refractivity contribution in [2.45, 2.75) is 64.8 Å². The molecule has 0 bridgehead atoms. The van der Waals surface area contributed by atoms with Crippen molar-refractivity contribution in [1.29, 1.82) is 0 Å². The predicted octanol–water partition coefficient (Wildman–Crippen LogP) is 3.48. The smallest absolute Gasteiger partial charge is 0.274 e. The highest BCUT2D eigenvalue weighted by atomic mass is 16.5. The number of methoxy groups -OCH3 is 1. The third-order valence-corrected chi connectivity index (χ3v) is 5.11. The number of H-pyrrole nitrogens is 1. The summed E-state index contributed by atoms with van der Waals surface area (Å²) in [7, 11) is 1.59. The number of benzene rings is 1. The van der Waals surface area contributed by atoms with Gasteiger partial charge in [0.1, 0.15) is 16.4 Å². The van der Waals surface area contributed by atoms with Gasteiger partial charge in [-0.05, 0) is 36.6 Å². The molecule has 0 saturated carbocycles. The van der Waals surface area contributed by atoms with Gasteiger partial charge in [0.2, 0.25) is 0 Å². The molecule has 0 radical (unpaired) electrons. The maximum Gasteiger partial charge on any atom is 0.274 e. The summed E-state index contributed by atoms with van der Waals surface area (Å²) in [4.78, 5) is 28.5. The van der Waals surface area contributed by atoms with E-state index in [1.165, 1.54) is 36.7 Å². The Hall–Kier alpha value is -2.82. The number of allylic oxidation sites excluding steroid dienone is 1. The summed E-state index contributed by atoms with van der Waals surface area (Å²) < 4.78 is 6.71. The molecule has 1 aromatic heterocycles. The van der Waals surface area contributed by atoms with Gasteiger partial charge in [0.25, 0.3) is 11.1 Å². The number of aromatic nitrogens is 2. The molecule has 0 aliphatic heterocycles. The normalized spacial score (nSPS) is 12.3. The van der Waals surface area contributed by atoms with E-state index < -0.39 is 0 Å². The SMILES string of the molecule is C=CCn1c(=O)/c(=C/CCCCCCCCC)[nH]c(=O)/c1=C/c1cccc(OC)c1. The van der Waals surface area contributed by atoms with E-state index >= 15 is 0 Å². The van der Waals surface area contributed by atoms with Crippen LogP contribution in [-0.4, -0.2) is 16.7 Å². The van der Waals surface area contributed by atoms with E-state index in [0.717, 1.165) is 24.8 Å². The number of nitrogens with zero attached hydrogens (tertiary/aromatic N) is 1. The van der Waals surface area contributed by atoms with Gasteiger partial charge in [0.05, 0.1) is 7.11 Å². The molecule has 0 atom stereocenters. The molecule has 0 saturated heterocycles. The van der Waals surface area contributed by atoms with Crippen LogP contribution in [0.25, 0.3) is 12.2 Å². The van der Waals surface area contributed by atoms with Crippen molar-refractivity contribution in [1.82, 2.24) is 9.55 Å². The maximum absolute atomic E-state index is 13.0. The van der Waals surface area contributed by atoms with Gasteiger partial charge in [-0.3, -0.25) is 14.2 Å². The molecule has 1 heterocycles. The Morgan fingerprint density at radius 1 is 1.10 bits per heavy atom. The van der Waals surface area contributed by atoms with Crippen molar-refractivity contribution in [3.8, 4) is 5.75 Å². The Bertz CT molecular complexity index is 1050. The highest BCUT2D eigenvalue weighted by molar-refractivity contribution is 5.50. The lowest BCUT2D eigenvalue weighted by molar-refractivity contribution is 0.414. The van der Waals surface area contributed by atoms with Crippen LogP contribution in [0.4, 0.5) is 0 Å². The molecule has 2 aromatic rings. The minimum atomic E-state index is -0.287. The first-order valence-corrected chi connectivity index (χ1v) is 10.9. The first kappa shape index (κ1) is 23.5. The molecule has 0 spiro atoms. The van der Waals surface area contributed by atoms with Crippen LogP contribution in [0.3, 0.4) is 0 Å². The Morgan fingerprint density at radius 3 is 2.53 bits per heavy atom. The summed E-state index contributed by atoms with van der Waals surface area (Å²) in [6.45, 7) is 6.22. The van der Waals surface area contributed by atoms with Gasteiger partial charge in [-0.15, -0.1) is 6.58 Å². The van der Waals surface area contributed by atoms with Gasteiger partial charge in [-0.2, -0.15) is 0 Å². The molecule has 0 aliphatic carbocycles. The van der Waals surface area contributed by atoms with Crippen LogP contribution in [0.5, 0.6) is 5.75 Å². The van der Waals surface area contributed by atoms with E-state index in [4.69, 9.17) is 4.74 Å². The molecule has 162 valence electrons. The highest BCUT2D eigenvalue weighted by Gasteiger charge is 2.04. The van der Waals surface area contributed by atoms with E-state index in [0.29, 0.717) is 16.4 Å². The number of nitrogens with one attached hydrogen (secondary N) is 1. The van der Waals surface area contributed by atoms with Gasteiger partial charge in [-0.25, -0.2) is 0 Å². The van der Waals surface area contributed by atoms with E-state index in [1.807, 2.05) is 30.3 Å². The number of hydrogen-bond acceptors (Lipinski definition) is 3. The monoisotopic (exact) mass is 410 g/mol. The van der Waals surface area contributed by atoms with E-state index in [9.17, 15) is 9.59 Å². The molecule has 0 fully saturated rings. The highest BCUT2D eigenvalue weighted by Crippen LogP contribution is 2.12. The second-order valence-electron chi connectivity index (χ2n) is 7.49. The average molecular weight is 411 g/mol. The van der Waals surface area contributed by atoms with Gasteiger partial charge in [-0.1, -0.05) is 69.7 Å². The molecule has 1 aromatic carbocycles. The molecular weight excluding hydrogens is 376 g/mol. The van der Waals surface area contributed by atoms with Crippen molar-refractivity contribution < 1.29 is 4.74 Å². The van der Waals surface area contributed by atoms with Crippen molar-refractivity contribution in [3.63, 3.8) is 0 Å². The lowest BCUT2D eigenvalue weighted by Gasteiger charge is -2.05. The van der Waals surface area contributed by atoms with Crippen molar-refractivity contribution >= 4 is 12.2 Å². The third kappa shape index (κ3) is 6.90. The summed E-state index contributed by atoms with van der Waals surface area (Å²) >= 11 is 0. The Balaban J connectivity index is 2.27. The maximum atomic E-state index is 13.0. The molecular formula is C25H34N2O3. The fraction of sp³-hybridized carbons (Fsp3) is 0.440. The predicted molar refractivity (Wildman–Crippen MR) is 124 cm³/mol. The van der Waals surface area contributed by atoms with Crippen molar-refractivity contribution in [2.75, 3.05) is 7.11 Å². The van der Waals surface area contributed by atoms with Gasteiger partial charge >= 0.3 is 0 Å². The average Bonchev–Trinajstić information content (AvgIpc) is 2.75. The molecule has 1 N–H and O–H groups in total. The minimum Gasteiger partial charge on any atom is -0.497 e. The number of ether oxygens (including phenoxy) is 1. The van der Waals surface area contributed by atoms with Gasteiger partial charge in [0, 0.05) is 6.54 Å². The van der Waals surface area contributed by atoms with Crippen LogP contribution in [0.15, 0.2) is 46.5 Å². The quantitative estimate of drug-likeness (QED) is 0.430. The first-order valence-electron chi connectivity index (χ1n) is 10.9. The molecule has 5 heteroatoms. The standard InChI is InChI=1S/C25H34N2O3/c1-4-6-7-8-9-10-11-12-16-22-25(29)27(17-5-2)23(24(28)26-22)19-20-14-13-15-21(18-20)30-3/h5,13-16,18-19H,2,4,6-12,17H2,1,3H3,(H,26,28)/b22-16-,23-19-. The van der Waals surface area contributed by atoms with Crippen LogP contribution in [0.2, 0.25) is 0 Å². The fourth-order valence-electron chi connectivity index (χ4n) is 3.45. The first-order chi connectivity index (χ1) is 14.6. The minimum absolute atomic E-state index is 0.202. The lowest BCUT2D eigenvalue weighted by atomic mass is 10.1. The summed E-state index contributed by atoms with van der Waals surface area (Å²) in [6.07, 6.45) is 14.5. The van der Waals surface area contributed by atoms with E-state index in [-0.39, 0.29) is 17.7 Å². The fourth-order valence-corrected chi connectivity index (χ4v) is 3.45. The number of unbranched alkanes of at least 4 members (excludes halogenated alkanes) is 7. The third-order valence-electron chi connectivity index (χ3n) is 5.11. The van der Waals surface area contributed by atoms with Crippen LogP contribution >= 0.6 is 0 Å². The molecule has 5 nitrogen and oxygen atoms in total. The summed E-state index contributed by atoms with van der Waals surface area (Å²) in [5, 5.41) is 0.664. The zero-order chi connectivity index (χ0) is 21.8. The number of hydrogen-bond donors (Lipinski definition) is 1. The summed E-state index contributed by atoms with van der Waals surface area (Å²) in [5.74, 6) is 0.692. The Labute approximate surface area is 178 Å². The second kappa shape index (κ2) is 12.7. The zero-order valence-corrected chi connectivity index (χ0v) is 18.3. The number of aromatic amines is 1. The molecule has 0 amide bonds. The van der Waals surface area contributed by atoms with Crippen LogP contribution < -0.4 is 26.6 Å². The summed E-state index contributed by atoms with van der Waals surface area (Å²) in [5.41, 5.74) is 0.300. The van der Waals surface area contributed by atoms with E-state index in [1.54, 1.807) is 19.3 Å². The molecule has 30 heavy (non-hydrogen) atoms. The molecule has 0 aliphatic rings. The van der Waals surface area contributed by atoms with Crippen LogP contribution in [-0.2, 0) is 6.54 Å². The zero-order valence-electron chi connectivity index (χ0n) is 18.3. The number of rotatable bonds is 12. The van der Waals surface area contributed by atoms with Gasteiger partial charge in [0.15, 0.2) is 0 Å². The Morgan fingerprint density at radius 2 is 1.83 bits per heavy atom. The summed E-state index contributed by atoms with van der Waals surface area (Å²) in [6, 6.07) is 7.37. The molecule has 2 rings (SSSR count). The Kier molecular flexibility index (Phi) is 9.92.